The second-order valence-electron chi connectivity index (χ2n) is 7.74. The summed E-state index contributed by atoms with van der Waals surface area (Å²) in [6, 6.07) is 7.97. The van der Waals surface area contributed by atoms with Gasteiger partial charge in [-0.3, -0.25) is 14.5 Å². The molecule has 178 valence electrons. The van der Waals surface area contributed by atoms with Gasteiger partial charge in [0.25, 0.3) is 5.91 Å². The Balaban J connectivity index is 1.66. The topological polar surface area (TPSA) is 68.8 Å². The van der Waals surface area contributed by atoms with Crippen molar-refractivity contribution in [3.63, 3.8) is 0 Å². The average Bonchev–Trinajstić information content (AvgIpc) is 2.80. The number of halogens is 3. The highest BCUT2D eigenvalue weighted by Crippen LogP contribution is 2.31. The van der Waals surface area contributed by atoms with Gasteiger partial charge in [0.2, 0.25) is 5.91 Å². The summed E-state index contributed by atoms with van der Waals surface area (Å²) in [4.78, 5) is 35.1. The van der Waals surface area contributed by atoms with Crippen LogP contribution in [0.1, 0.15) is 29.8 Å². The van der Waals surface area contributed by atoms with Crippen LogP contribution in [0.5, 0.6) is 0 Å². The number of alkyl halides is 3. The molecular formula is C23H28F3N5O2. The lowest BCUT2D eigenvalue weighted by Crippen LogP contribution is -2.51. The number of likely N-dealkylation sites (N-methyl/N-ethyl adjacent to an activating group) is 1. The molecule has 10 heteroatoms. The van der Waals surface area contributed by atoms with Gasteiger partial charge < -0.3 is 15.1 Å². The summed E-state index contributed by atoms with van der Waals surface area (Å²) in [7, 11) is 0. The third-order valence-corrected chi connectivity index (χ3v) is 5.63. The Bertz CT molecular complexity index is 971. The molecule has 1 aliphatic rings. The number of nitrogens with zero attached hydrogens (tertiary/aromatic N) is 4. The number of carbonyl (C=O) groups excluding carboxylic acids is 2. The van der Waals surface area contributed by atoms with Crippen molar-refractivity contribution < 1.29 is 22.8 Å². The zero-order chi connectivity index (χ0) is 24.0. The summed E-state index contributed by atoms with van der Waals surface area (Å²) in [5, 5.41) is 2.85. The molecule has 0 bridgehead atoms. The van der Waals surface area contributed by atoms with Crippen molar-refractivity contribution in [3.8, 4) is 0 Å². The number of hydrogen-bond donors (Lipinski definition) is 1. The molecule has 0 unspecified atom stereocenters. The standard InChI is InChI=1S/C23H28F3N5O2/c1-3-30(4-2)20(32)16-29-11-13-31(14-12-29)22(33)19-9-6-10-27-21(19)28-18-8-5-7-17(15-18)23(24,25)26/h5-10,15H,3-4,11-14,16H2,1-2H3,(H,27,28). The Morgan fingerprint density at radius 3 is 2.39 bits per heavy atom. The lowest BCUT2D eigenvalue weighted by molar-refractivity contribution is -0.137. The molecule has 33 heavy (non-hydrogen) atoms. The van der Waals surface area contributed by atoms with Crippen molar-refractivity contribution in [2.75, 3.05) is 51.1 Å². The van der Waals surface area contributed by atoms with Crippen LogP contribution in [0.3, 0.4) is 0 Å². The first-order valence-corrected chi connectivity index (χ1v) is 10.9. The average molecular weight is 464 g/mol. The van der Waals surface area contributed by atoms with Crippen LogP contribution in [0.4, 0.5) is 24.7 Å². The van der Waals surface area contributed by atoms with Gasteiger partial charge in [0.05, 0.1) is 17.7 Å². The maximum atomic E-state index is 13.1. The minimum absolute atomic E-state index is 0.0691. The first-order chi connectivity index (χ1) is 15.7. The van der Waals surface area contributed by atoms with Crippen molar-refractivity contribution >= 4 is 23.3 Å². The van der Waals surface area contributed by atoms with Gasteiger partial charge in [-0.15, -0.1) is 0 Å². The zero-order valence-electron chi connectivity index (χ0n) is 18.7. The van der Waals surface area contributed by atoms with Crippen LogP contribution in [0.25, 0.3) is 0 Å². The number of rotatable bonds is 7. The normalized spacial score (nSPS) is 14.8. The van der Waals surface area contributed by atoms with E-state index in [1.54, 1.807) is 21.9 Å². The molecule has 1 aromatic carbocycles. The second-order valence-corrected chi connectivity index (χ2v) is 7.74. The number of pyridine rings is 1. The summed E-state index contributed by atoms with van der Waals surface area (Å²) in [6.45, 7) is 7.55. The predicted octanol–water partition coefficient (Wildman–Crippen LogP) is 3.47. The third-order valence-electron chi connectivity index (χ3n) is 5.63. The number of piperazine rings is 1. The van der Waals surface area contributed by atoms with Crippen LogP contribution in [-0.2, 0) is 11.0 Å². The second kappa shape index (κ2) is 10.7. The van der Waals surface area contributed by atoms with E-state index >= 15 is 0 Å². The molecule has 1 N–H and O–H groups in total. The van der Waals surface area contributed by atoms with Gasteiger partial charge in [-0.2, -0.15) is 13.2 Å². The summed E-state index contributed by atoms with van der Waals surface area (Å²) in [5.74, 6) is 0.00729. The van der Waals surface area contributed by atoms with Crippen molar-refractivity contribution in [3.05, 3.63) is 53.7 Å². The molecule has 1 aromatic heterocycles. The highest BCUT2D eigenvalue weighted by molar-refractivity contribution is 5.99. The molecule has 2 amide bonds. The van der Waals surface area contributed by atoms with E-state index in [0.717, 1.165) is 12.1 Å². The van der Waals surface area contributed by atoms with Gasteiger partial charge in [-0.25, -0.2) is 4.98 Å². The maximum Gasteiger partial charge on any atom is 0.416 e. The van der Waals surface area contributed by atoms with E-state index in [1.807, 2.05) is 18.7 Å². The smallest absolute Gasteiger partial charge is 0.342 e. The molecule has 2 heterocycles. The molecule has 1 fully saturated rings. The monoisotopic (exact) mass is 463 g/mol. The van der Waals surface area contributed by atoms with E-state index in [1.165, 1.54) is 18.3 Å². The predicted molar refractivity (Wildman–Crippen MR) is 119 cm³/mol. The number of benzene rings is 1. The number of nitrogens with one attached hydrogen (secondary N) is 1. The van der Waals surface area contributed by atoms with Crippen LogP contribution >= 0.6 is 0 Å². The Morgan fingerprint density at radius 2 is 1.76 bits per heavy atom. The molecular weight excluding hydrogens is 435 g/mol. The molecule has 1 saturated heterocycles. The highest BCUT2D eigenvalue weighted by Gasteiger charge is 2.31. The van der Waals surface area contributed by atoms with Crippen LogP contribution in [0.2, 0.25) is 0 Å². The first kappa shape index (κ1) is 24.5. The number of amides is 2. The van der Waals surface area contributed by atoms with Crippen LogP contribution in [0.15, 0.2) is 42.6 Å². The Hall–Kier alpha value is -3.14. The van der Waals surface area contributed by atoms with Crippen molar-refractivity contribution in [1.29, 1.82) is 0 Å². The fourth-order valence-corrected chi connectivity index (χ4v) is 3.73. The fraction of sp³-hybridized carbons (Fsp3) is 0.435. The number of hydrogen-bond acceptors (Lipinski definition) is 5. The van der Waals surface area contributed by atoms with E-state index in [9.17, 15) is 22.8 Å². The molecule has 0 atom stereocenters. The number of anilines is 2. The SMILES string of the molecule is CCN(CC)C(=O)CN1CCN(C(=O)c2cccnc2Nc2cccc(C(F)(F)F)c2)CC1. The highest BCUT2D eigenvalue weighted by atomic mass is 19.4. The van der Waals surface area contributed by atoms with E-state index in [-0.39, 0.29) is 28.9 Å². The van der Waals surface area contributed by atoms with Crippen molar-refractivity contribution in [1.82, 2.24) is 19.7 Å². The van der Waals surface area contributed by atoms with Gasteiger partial charge in [0.1, 0.15) is 5.82 Å². The van der Waals surface area contributed by atoms with Gasteiger partial charge in [0, 0.05) is 51.2 Å². The molecule has 7 nitrogen and oxygen atoms in total. The Kier molecular flexibility index (Phi) is 7.91. The van der Waals surface area contributed by atoms with Gasteiger partial charge in [-0.1, -0.05) is 6.07 Å². The summed E-state index contributed by atoms with van der Waals surface area (Å²) >= 11 is 0. The number of carbonyl (C=O) groups is 2. The fourth-order valence-electron chi connectivity index (χ4n) is 3.73. The summed E-state index contributed by atoms with van der Waals surface area (Å²) in [5.41, 5.74) is -0.313. The molecule has 3 rings (SSSR count). The molecule has 0 radical (unpaired) electrons. The lowest BCUT2D eigenvalue weighted by atomic mass is 10.1. The summed E-state index contributed by atoms with van der Waals surface area (Å²) in [6.07, 6.45) is -2.99. The van der Waals surface area contributed by atoms with Crippen LogP contribution in [0, 0.1) is 0 Å². The minimum Gasteiger partial charge on any atom is -0.342 e. The maximum absolute atomic E-state index is 13.1. The van der Waals surface area contributed by atoms with Gasteiger partial charge >= 0.3 is 6.18 Å². The molecule has 0 saturated carbocycles. The largest absolute Gasteiger partial charge is 0.416 e. The van der Waals surface area contributed by atoms with E-state index < -0.39 is 11.7 Å². The minimum atomic E-state index is -4.47. The third kappa shape index (κ3) is 6.22. The molecule has 1 aliphatic heterocycles. The quantitative estimate of drug-likeness (QED) is 0.681. The van der Waals surface area contributed by atoms with E-state index in [2.05, 4.69) is 10.3 Å². The van der Waals surface area contributed by atoms with Crippen molar-refractivity contribution in [2.45, 2.75) is 20.0 Å². The first-order valence-electron chi connectivity index (χ1n) is 10.9. The van der Waals surface area contributed by atoms with E-state index in [0.29, 0.717) is 45.8 Å². The number of aromatic nitrogens is 1. The zero-order valence-corrected chi connectivity index (χ0v) is 18.7. The van der Waals surface area contributed by atoms with Gasteiger partial charge in [-0.05, 0) is 44.2 Å². The van der Waals surface area contributed by atoms with Crippen LogP contribution < -0.4 is 5.32 Å². The van der Waals surface area contributed by atoms with Crippen molar-refractivity contribution in [2.24, 2.45) is 0 Å². The van der Waals surface area contributed by atoms with E-state index in [4.69, 9.17) is 0 Å². The molecule has 0 spiro atoms. The Labute approximate surface area is 191 Å². The lowest BCUT2D eigenvalue weighted by Gasteiger charge is -2.35. The molecule has 2 aromatic rings. The van der Waals surface area contributed by atoms with Crippen LogP contribution in [-0.4, -0.2) is 77.3 Å². The summed E-state index contributed by atoms with van der Waals surface area (Å²) < 4.78 is 39.1. The Morgan fingerprint density at radius 1 is 1.06 bits per heavy atom. The van der Waals surface area contributed by atoms with Gasteiger partial charge in [0.15, 0.2) is 0 Å². The molecule has 0 aliphatic carbocycles.